The molecule has 1 heterocycles. The largest absolute Gasteiger partial charge is 0.491 e. The smallest absolute Gasteiger partial charge is 0.127 e. The van der Waals surface area contributed by atoms with Gasteiger partial charge in [0.25, 0.3) is 0 Å². The summed E-state index contributed by atoms with van der Waals surface area (Å²) in [5, 5.41) is 16.4. The van der Waals surface area contributed by atoms with Crippen LogP contribution in [0.3, 0.4) is 0 Å². The fraction of sp³-hybridized carbons (Fsp3) is 0.143. The summed E-state index contributed by atoms with van der Waals surface area (Å²) in [6, 6.07) is 18.4. The maximum atomic E-state index is 8.85. The van der Waals surface area contributed by atoms with Crippen molar-refractivity contribution in [2.75, 3.05) is 25.6 Å². The molecule has 7 nitrogen and oxygen atoms in total. The first-order chi connectivity index (χ1) is 13.7. The molecular formula is C21H19N5O2. The summed E-state index contributed by atoms with van der Waals surface area (Å²) in [5.74, 6) is 0.752. The van der Waals surface area contributed by atoms with Crippen LogP contribution in [0.25, 0.3) is 16.6 Å². The van der Waals surface area contributed by atoms with Crippen LogP contribution in [-0.4, -0.2) is 25.3 Å². The lowest BCUT2D eigenvalue weighted by Crippen LogP contribution is -2.04. The Hall–Kier alpha value is -3.76. The minimum atomic E-state index is 0.395. The molecule has 0 radical (unpaired) electrons. The number of pyridine rings is 1. The second-order valence-electron chi connectivity index (χ2n) is 5.87. The van der Waals surface area contributed by atoms with Crippen LogP contribution in [-0.2, 0) is 4.74 Å². The number of hydrogen-bond donors (Lipinski definition) is 2. The Kier molecular flexibility index (Phi) is 6.29. The SMILES string of the molecule is COCCOc1ccc2nc(/C(=C/Nc3ccc(C#N)cc3)N=N)ccc2c1. The highest BCUT2D eigenvalue weighted by atomic mass is 16.5. The zero-order valence-corrected chi connectivity index (χ0v) is 15.3. The Bertz CT molecular complexity index is 1040. The van der Waals surface area contributed by atoms with Crippen LogP contribution >= 0.6 is 0 Å². The lowest BCUT2D eigenvalue weighted by Gasteiger charge is -2.08. The van der Waals surface area contributed by atoms with Crippen LogP contribution in [0.2, 0.25) is 0 Å². The first-order valence-corrected chi connectivity index (χ1v) is 8.61. The molecule has 0 amide bonds. The normalized spacial score (nSPS) is 11.1. The Morgan fingerprint density at radius 3 is 2.71 bits per heavy atom. The molecule has 28 heavy (non-hydrogen) atoms. The van der Waals surface area contributed by atoms with Crippen molar-refractivity contribution < 1.29 is 9.47 Å². The quantitative estimate of drug-likeness (QED) is 0.444. The first kappa shape index (κ1) is 19.0. The molecule has 7 heteroatoms. The number of benzene rings is 2. The number of anilines is 1. The van der Waals surface area contributed by atoms with Crippen LogP contribution in [0.4, 0.5) is 5.69 Å². The summed E-state index contributed by atoms with van der Waals surface area (Å²) in [6.45, 7) is 1.01. The number of aromatic nitrogens is 1. The van der Waals surface area contributed by atoms with E-state index in [4.69, 9.17) is 20.3 Å². The first-order valence-electron chi connectivity index (χ1n) is 8.61. The zero-order chi connectivity index (χ0) is 19.8. The van der Waals surface area contributed by atoms with Gasteiger partial charge in [-0.1, -0.05) is 6.07 Å². The van der Waals surface area contributed by atoms with Crippen molar-refractivity contribution in [2.45, 2.75) is 0 Å². The van der Waals surface area contributed by atoms with E-state index in [1.807, 2.05) is 30.3 Å². The van der Waals surface area contributed by atoms with Crippen molar-refractivity contribution in [1.29, 1.82) is 10.8 Å². The number of fused-ring (bicyclic) bond motifs is 1. The number of hydrogen-bond acceptors (Lipinski definition) is 7. The van der Waals surface area contributed by atoms with Crippen LogP contribution in [0, 0.1) is 16.9 Å². The Morgan fingerprint density at radius 1 is 1.18 bits per heavy atom. The van der Waals surface area contributed by atoms with Crippen molar-refractivity contribution in [3.05, 3.63) is 72.1 Å². The van der Waals surface area contributed by atoms with Crippen LogP contribution < -0.4 is 10.1 Å². The average Bonchev–Trinajstić information content (AvgIpc) is 2.74. The molecule has 2 aromatic carbocycles. The van der Waals surface area contributed by atoms with E-state index in [-0.39, 0.29) is 0 Å². The van der Waals surface area contributed by atoms with Crippen molar-refractivity contribution in [1.82, 2.24) is 4.98 Å². The van der Waals surface area contributed by atoms with E-state index in [0.29, 0.717) is 30.2 Å². The fourth-order valence-corrected chi connectivity index (χ4v) is 2.54. The molecule has 0 aliphatic heterocycles. The predicted molar refractivity (Wildman–Crippen MR) is 107 cm³/mol. The number of ether oxygens (including phenoxy) is 2. The van der Waals surface area contributed by atoms with Gasteiger partial charge in [-0.25, -0.2) is 10.5 Å². The van der Waals surface area contributed by atoms with E-state index >= 15 is 0 Å². The molecule has 0 fully saturated rings. The van der Waals surface area contributed by atoms with Gasteiger partial charge in [-0.3, -0.25) is 0 Å². The van der Waals surface area contributed by atoms with Crippen molar-refractivity contribution in [3.8, 4) is 11.8 Å². The standard InChI is InChI=1S/C21H19N5O2/c1-27-10-11-28-18-7-9-19-16(12-18)4-8-20(25-19)21(26-23)14-24-17-5-2-15(13-22)3-6-17/h2-9,12,14,23-24H,10-11H2,1H3/b21-14-,26-23?. The number of methoxy groups -OCH3 is 1. The molecule has 140 valence electrons. The molecule has 0 unspecified atom stereocenters. The summed E-state index contributed by atoms with van der Waals surface area (Å²) in [7, 11) is 1.63. The molecule has 3 aromatic rings. The van der Waals surface area contributed by atoms with Gasteiger partial charge in [0, 0.05) is 24.4 Å². The Balaban J connectivity index is 1.78. The van der Waals surface area contributed by atoms with Crippen LogP contribution in [0.15, 0.2) is 65.9 Å². The molecule has 0 saturated heterocycles. The Morgan fingerprint density at radius 2 is 2.00 bits per heavy atom. The van der Waals surface area contributed by atoms with Gasteiger partial charge < -0.3 is 14.8 Å². The summed E-state index contributed by atoms with van der Waals surface area (Å²) in [4.78, 5) is 4.58. The van der Waals surface area contributed by atoms with E-state index in [1.165, 1.54) is 0 Å². The summed E-state index contributed by atoms with van der Waals surface area (Å²) in [6.07, 6.45) is 1.62. The highest BCUT2D eigenvalue weighted by Gasteiger charge is 2.06. The summed E-state index contributed by atoms with van der Waals surface area (Å²) in [5.41, 5.74) is 10.6. The molecule has 0 aliphatic carbocycles. The lowest BCUT2D eigenvalue weighted by atomic mass is 10.1. The van der Waals surface area contributed by atoms with E-state index in [0.717, 1.165) is 22.3 Å². The van der Waals surface area contributed by atoms with Gasteiger partial charge in [0.1, 0.15) is 18.1 Å². The highest BCUT2D eigenvalue weighted by Crippen LogP contribution is 2.23. The van der Waals surface area contributed by atoms with Crippen molar-refractivity contribution in [2.24, 2.45) is 5.11 Å². The number of nitrogens with one attached hydrogen (secondary N) is 2. The third-order valence-electron chi connectivity index (χ3n) is 3.99. The lowest BCUT2D eigenvalue weighted by molar-refractivity contribution is 0.146. The summed E-state index contributed by atoms with van der Waals surface area (Å²) >= 11 is 0. The molecule has 0 atom stereocenters. The molecule has 0 aliphatic rings. The van der Waals surface area contributed by atoms with E-state index in [1.54, 1.807) is 37.6 Å². The molecule has 0 spiro atoms. The molecule has 2 N–H and O–H groups in total. The number of nitrogens with zero attached hydrogens (tertiary/aromatic N) is 3. The maximum absolute atomic E-state index is 8.85. The monoisotopic (exact) mass is 373 g/mol. The minimum Gasteiger partial charge on any atom is -0.491 e. The molecule has 0 saturated carbocycles. The average molecular weight is 373 g/mol. The highest BCUT2D eigenvalue weighted by molar-refractivity contribution is 5.82. The van der Waals surface area contributed by atoms with Gasteiger partial charge in [0.15, 0.2) is 0 Å². The number of rotatable bonds is 8. The summed E-state index contributed by atoms with van der Waals surface area (Å²) < 4.78 is 10.6. The van der Waals surface area contributed by atoms with Gasteiger partial charge >= 0.3 is 0 Å². The van der Waals surface area contributed by atoms with Gasteiger partial charge in [0.2, 0.25) is 0 Å². The van der Waals surface area contributed by atoms with Gasteiger partial charge in [-0.05, 0) is 48.5 Å². The molecule has 1 aromatic heterocycles. The maximum Gasteiger partial charge on any atom is 0.127 e. The van der Waals surface area contributed by atoms with Gasteiger partial charge in [0.05, 0.1) is 29.5 Å². The minimum absolute atomic E-state index is 0.395. The molecular weight excluding hydrogens is 354 g/mol. The van der Waals surface area contributed by atoms with Gasteiger partial charge in [-0.2, -0.15) is 10.4 Å². The Labute approximate surface area is 162 Å². The van der Waals surface area contributed by atoms with Crippen LogP contribution in [0.1, 0.15) is 11.3 Å². The second-order valence-corrected chi connectivity index (χ2v) is 5.87. The van der Waals surface area contributed by atoms with E-state index in [9.17, 15) is 0 Å². The van der Waals surface area contributed by atoms with Crippen molar-refractivity contribution >= 4 is 22.3 Å². The van der Waals surface area contributed by atoms with Gasteiger partial charge in [-0.15, -0.1) is 0 Å². The number of nitriles is 1. The van der Waals surface area contributed by atoms with Crippen LogP contribution in [0.5, 0.6) is 5.75 Å². The fourth-order valence-electron chi connectivity index (χ4n) is 2.54. The van der Waals surface area contributed by atoms with E-state index in [2.05, 4.69) is 21.5 Å². The third kappa shape index (κ3) is 4.69. The predicted octanol–water partition coefficient (Wildman–Crippen LogP) is 4.57. The van der Waals surface area contributed by atoms with E-state index < -0.39 is 0 Å². The second kappa shape index (κ2) is 9.26. The zero-order valence-electron chi connectivity index (χ0n) is 15.3. The van der Waals surface area contributed by atoms with Crippen molar-refractivity contribution in [3.63, 3.8) is 0 Å². The topological polar surface area (TPSA) is 103 Å². The molecule has 3 rings (SSSR count). The third-order valence-corrected chi connectivity index (χ3v) is 3.99. The molecule has 0 bridgehead atoms.